The van der Waals surface area contributed by atoms with Crippen LogP contribution in [0.15, 0.2) is 52.9 Å². The highest BCUT2D eigenvalue weighted by Crippen LogP contribution is 2.27. The van der Waals surface area contributed by atoms with Gasteiger partial charge in [0.15, 0.2) is 8.29 Å². The molecule has 2 aromatic carbocycles. The van der Waals surface area contributed by atoms with Gasteiger partial charge in [0.2, 0.25) is 11.9 Å². The molecule has 2 aromatic heterocycles. The Balaban J connectivity index is 1.50. The molecule has 4 aromatic rings. The highest BCUT2D eigenvalue weighted by atomic mass is 32.2. The summed E-state index contributed by atoms with van der Waals surface area (Å²) in [4.78, 5) is 12.8. The molecule has 7 nitrogen and oxygen atoms in total. The second kappa shape index (κ2) is 8.86. The van der Waals surface area contributed by atoms with E-state index in [1.54, 1.807) is 16.8 Å². The summed E-state index contributed by atoms with van der Waals surface area (Å²) < 4.78 is 16.1. The molecule has 0 aliphatic heterocycles. The van der Waals surface area contributed by atoms with E-state index in [2.05, 4.69) is 25.4 Å². The lowest BCUT2D eigenvalue weighted by Gasteiger charge is -2.09. The van der Waals surface area contributed by atoms with Crippen LogP contribution < -0.4 is 11.1 Å². The lowest BCUT2D eigenvalue weighted by atomic mass is 10.2. The van der Waals surface area contributed by atoms with Crippen molar-refractivity contribution in [2.24, 2.45) is 0 Å². The largest absolute Gasteiger partial charge is 0.368 e. The molecule has 3 N–H and O–H groups in total. The van der Waals surface area contributed by atoms with Crippen LogP contribution in [0, 0.1) is 16.7 Å². The number of hydrogen-bond donors (Lipinski definition) is 2. The summed E-state index contributed by atoms with van der Waals surface area (Å²) in [6.07, 6.45) is 0. The number of nitrogens with two attached hydrogens (primary N) is 1. The van der Waals surface area contributed by atoms with Crippen LogP contribution in [-0.4, -0.2) is 24.7 Å². The van der Waals surface area contributed by atoms with Crippen LogP contribution in [0.4, 0.5) is 22.0 Å². The predicted molar refractivity (Wildman–Crippen MR) is 120 cm³/mol. The molecule has 11 heteroatoms. The number of nitrogens with zero attached hydrogens (tertiary/aromatic N) is 5. The fourth-order valence-corrected chi connectivity index (χ4v) is 4.80. The van der Waals surface area contributed by atoms with Gasteiger partial charge in [-0.25, -0.2) is 9.07 Å². The molecule has 2 heterocycles. The molecular weight excluding hydrogens is 441 g/mol. The van der Waals surface area contributed by atoms with Crippen molar-refractivity contribution < 1.29 is 4.39 Å². The summed E-state index contributed by atoms with van der Waals surface area (Å²) in [7, 11) is 0. The molecule has 0 fully saturated rings. The van der Waals surface area contributed by atoms with Crippen LogP contribution in [0.3, 0.4) is 0 Å². The minimum absolute atomic E-state index is 0.140. The number of aromatic nitrogens is 5. The average molecular weight is 458 g/mol. The van der Waals surface area contributed by atoms with Crippen molar-refractivity contribution in [2.75, 3.05) is 11.1 Å². The molecule has 0 atom stereocenters. The Hall–Kier alpha value is -2.89. The summed E-state index contributed by atoms with van der Waals surface area (Å²) in [5.74, 6) is 1.19. The van der Waals surface area contributed by atoms with Gasteiger partial charge in [0.1, 0.15) is 11.6 Å². The van der Waals surface area contributed by atoms with Crippen LogP contribution in [0.5, 0.6) is 0 Å². The third-order valence-corrected chi connectivity index (χ3v) is 6.38. The Labute approximate surface area is 185 Å². The molecule has 0 saturated carbocycles. The quantitative estimate of drug-likeness (QED) is 0.311. The first-order valence-electron chi connectivity index (χ1n) is 8.80. The van der Waals surface area contributed by atoms with E-state index in [4.69, 9.17) is 18.0 Å². The first kappa shape index (κ1) is 20.4. The van der Waals surface area contributed by atoms with Gasteiger partial charge in [-0.3, -0.25) is 0 Å². The van der Waals surface area contributed by atoms with E-state index in [-0.39, 0.29) is 11.8 Å². The lowest BCUT2D eigenvalue weighted by molar-refractivity contribution is 0.627. The van der Waals surface area contributed by atoms with E-state index in [0.717, 1.165) is 15.6 Å². The van der Waals surface area contributed by atoms with Crippen molar-refractivity contribution in [2.45, 2.75) is 17.0 Å². The molecule has 0 saturated heterocycles. The fraction of sp³-hybridized carbons (Fsp3) is 0.105. The van der Waals surface area contributed by atoms with Gasteiger partial charge in [0.05, 0.1) is 11.4 Å². The predicted octanol–water partition coefficient (Wildman–Crippen LogP) is 4.91. The van der Waals surface area contributed by atoms with Crippen LogP contribution in [0.25, 0.3) is 5.69 Å². The average Bonchev–Trinajstić information content (AvgIpc) is 3.09. The van der Waals surface area contributed by atoms with Crippen LogP contribution >= 0.6 is 35.3 Å². The van der Waals surface area contributed by atoms with E-state index in [1.807, 2.05) is 31.2 Å². The van der Waals surface area contributed by atoms with Crippen molar-refractivity contribution in [3.8, 4) is 5.69 Å². The van der Waals surface area contributed by atoms with Crippen molar-refractivity contribution in [3.63, 3.8) is 0 Å². The standard InChI is InChI=1S/C19H16FN7S3/c1-11-4-2-3-5-14(11)22-17-24-15(23-16(21)25-17)10-29-18-26-27(19(28)30-18)13-8-6-12(20)7-9-13/h2-9H,10H2,1H3,(H3,21,22,23,24,25). The monoisotopic (exact) mass is 457 g/mol. The number of benzene rings is 2. The van der Waals surface area contributed by atoms with Gasteiger partial charge in [0, 0.05) is 5.69 Å². The molecular formula is C19H16FN7S3. The van der Waals surface area contributed by atoms with E-state index < -0.39 is 0 Å². The maximum absolute atomic E-state index is 13.1. The van der Waals surface area contributed by atoms with Gasteiger partial charge in [-0.15, -0.1) is 5.10 Å². The Morgan fingerprint density at radius 2 is 1.90 bits per heavy atom. The SMILES string of the molecule is Cc1ccccc1Nc1nc(N)nc(CSc2nn(-c3ccc(F)cc3)c(=S)s2)n1. The van der Waals surface area contributed by atoms with Gasteiger partial charge >= 0.3 is 0 Å². The van der Waals surface area contributed by atoms with Crippen molar-refractivity contribution in [3.05, 3.63) is 69.7 Å². The second-order valence-electron chi connectivity index (χ2n) is 6.18. The Kier molecular flexibility index (Phi) is 6.02. The maximum atomic E-state index is 13.1. The van der Waals surface area contributed by atoms with Gasteiger partial charge in [-0.1, -0.05) is 41.3 Å². The maximum Gasteiger partial charge on any atom is 0.232 e. The third-order valence-electron chi connectivity index (χ3n) is 4.02. The zero-order valence-corrected chi connectivity index (χ0v) is 18.2. The van der Waals surface area contributed by atoms with E-state index >= 15 is 0 Å². The molecule has 30 heavy (non-hydrogen) atoms. The van der Waals surface area contributed by atoms with Gasteiger partial charge in [-0.05, 0) is 55.0 Å². The number of aryl methyl sites for hydroxylation is 1. The summed E-state index contributed by atoms with van der Waals surface area (Å²) in [5, 5.41) is 7.68. The molecule has 0 unspecified atom stereocenters. The molecule has 0 radical (unpaired) electrons. The number of nitrogen functional groups attached to an aromatic ring is 1. The number of halogens is 1. The molecule has 0 aliphatic rings. The van der Waals surface area contributed by atoms with Crippen molar-refractivity contribution in [1.29, 1.82) is 0 Å². The first-order chi connectivity index (χ1) is 14.5. The molecule has 0 aliphatic carbocycles. The number of para-hydroxylation sites is 1. The van der Waals surface area contributed by atoms with Gasteiger partial charge in [-0.2, -0.15) is 15.0 Å². The van der Waals surface area contributed by atoms with Crippen LogP contribution in [0.1, 0.15) is 11.4 Å². The summed E-state index contributed by atoms with van der Waals surface area (Å²) in [5.41, 5.74) is 8.54. The van der Waals surface area contributed by atoms with E-state index in [1.165, 1.54) is 35.2 Å². The molecule has 4 rings (SSSR count). The van der Waals surface area contributed by atoms with Gasteiger partial charge in [0.25, 0.3) is 0 Å². The first-order valence-corrected chi connectivity index (χ1v) is 11.0. The molecule has 0 spiro atoms. The number of anilines is 3. The summed E-state index contributed by atoms with van der Waals surface area (Å²) in [6.45, 7) is 1.99. The summed E-state index contributed by atoms with van der Waals surface area (Å²) in [6, 6.07) is 13.9. The fourth-order valence-electron chi connectivity index (χ4n) is 2.58. The molecule has 0 amide bonds. The Morgan fingerprint density at radius 1 is 1.13 bits per heavy atom. The highest BCUT2D eigenvalue weighted by Gasteiger charge is 2.10. The highest BCUT2D eigenvalue weighted by molar-refractivity contribution is 8.00. The third kappa shape index (κ3) is 4.81. The Bertz CT molecular complexity index is 1240. The zero-order valence-electron chi connectivity index (χ0n) is 15.7. The van der Waals surface area contributed by atoms with E-state index in [0.29, 0.717) is 27.2 Å². The minimum atomic E-state index is -0.308. The van der Waals surface area contributed by atoms with Gasteiger partial charge < -0.3 is 11.1 Å². The Morgan fingerprint density at radius 3 is 2.67 bits per heavy atom. The smallest absolute Gasteiger partial charge is 0.232 e. The normalized spacial score (nSPS) is 10.9. The number of thioether (sulfide) groups is 1. The van der Waals surface area contributed by atoms with Crippen LogP contribution in [-0.2, 0) is 5.75 Å². The topological polar surface area (TPSA) is 94.5 Å². The van der Waals surface area contributed by atoms with E-state index in [9.17, 15) is 4.39 Å². The summed E-state index contributed by atoms with van der Waals surface area (Å²) >= 11 is 8.19. The lowest BCUT2D eigenvalue weighted by Crippen LogP contribution is -2.07. The number of nitrogens with one attached hydrogen (secondary N) is 1. The molecule has 0 bridgehead atoms. The molecule has 152 valence electrons. The number of hydrogen-bond acceptors (Lipinski definition) is 9. The number of rotatable bonds is 6. The van der Waals surface area contributed by atoms with Crippen molar-refractivity contribution >= 4 is 52.9 Å². The minimum Gasteiger partial charge on any atom is -0.368 e. The second-order valence-corrected chi connectivity index (χ2v) is 9.03. The van der Waals surface area contributed by atoms with Crippen molar-refractivity contribution in [1.82, 2.24) is 24.7 Å². The van der Waals surface area contributed by atoms with Crippen LogP contribution in [0.2, 0.25) is 0 Å². The zero-order chi connectivity index (χ0) is 21.1.